The van der Waals surface area contributed by atoms with Crippen LogP contribution < -0.4 is 11.0 Å². The highest BCUT2D eigenvalue weighted by atomic mass is 16.3. The van der Waals surface area contributed by atoms with Crippen LogP contribution in [0.1, 0.15) is 47.6 Å². The average Bonchev–Trinajstić information content (AvgIpc) is 3.02. The zero-order valence-electron chi connectivity index (χ0n) is 14.9. The number of aliphatic hydroxyl groups excluding tert-OH is 1. The fourth-order valence-corrected chi connectivity index (χ4v) is 3.74. The highest BCUT2D eigenvalue weighted by Crippen LogP contribution is 2.29. The topological polar surface area (TPSA) is 100 Å². The van der Waals surface area contributed by atoms with E-state index in [9.17, 15) is 14.7 Å². The lowest BCUT2D eigenvalue weighted by Gasteiger charge is -2.26. The van der Waals surface area contributed by atoms with Crippen LogP contribution in [0.3, 0.4) is 0 Å². The summed E-state index contributed by atoms with van der Waals surface area (Å²) in [4.78, 5) is 31.7. The van der Waals surface area contributed by atoms with E-state index in [-0.39, 0.29) is 23.7 Å². The summed E-state index contributed by atoms with van der Waals surface area (Å²) >= 11 is 0. The number of benzene rings is 1. The largest absolute Gasteiger partial charge is 0.393 e. The molecule has 0 unspecified atom stereocenters. The summed E-state index contributed by atoms with van der Waals surface area (Å²) in [5.41, 5.74) is 2.76. The van der Waals surface area contributed by atoms with Crippen LogP contribution in [0.15, 0.2) is 47.5 Å². The molecule has 4 rings (SSSR count). The van der Waals surface area contributed by atoms with Crippen molar-refractivity contribution in [1.29, 1.82) is 0 Å². The van der Waals surface area contributed by atoms with Crippen LogP contribution in [0.5, 0.6) is 0 Å². The number of aliphatic hydroxyl groups is 1. The Bertz CT molecular complexity index is 1000. The first-order chi connectivity index (χ1) is 13.1. The van der Waals surface area contributed by atoms with Gasteiger partial charge in [0.15, 0.2) is 0 Å². The number of H-pyrrole nitrogens is 1. The molecule has 1 fully saturated rings. The summed E-state index contributed by atoms with van der Waals surface area (Å²) in [6.07, 6.45) is 6.08. The molecule has 0 saturated heterocycles. The molecule has 7 nitrogen and oxygen atoms in total. The lowest BCUT2D eigenvalue weighted by molar-refractivity contribution is 0.0951. The number of aromatic nitrogens is 3. The van der Waals surface area contributed by atoms with Gasteiger partial charge in [-0.05, 0) is 61.6 Å². The Hall–Kier alpha value is -2.93. The van der Waals surface area contributed by atoms with Crippen LogP contribution in [0.4, 0.5) is 0 Å². The van der Waals surface area contributed by atoms with Crippen molar-refractivity contribution in [2.45, 2.75) is 44.4 Å². The van der Waals surface area contributed by atoms with E-state index in [1.807, 2.05) is 18.2 Å². The summed E-state index contributed by atoms with van der Waals surface area (Å²) in [6.45, 7) is 0.418. The summed E-state index contributed by atoms with van der Waals surface area (Å²) < 4.78 is 1.76. The molecular formula is C20H22N4O3. The van der Waals surface area contributed by atoms with Crippen LogP contribution in [0.25, 0.3) is 11.0 Å². The van der Waals surface area contributed by atoms with E-state index in [4.69, 9.17) is 0 Å². The number of aromatic amines is 1. The molecule has 2 heterocycles. The van der Waals surface area contributed by atoms with E-state index in [1.165, 1.54) is 0 Å². The fourth-order valence-electron chi connectivity index (χ4n) is 3.74. The molecule has 27 heavy (non-hydrogen) atoms. The Morgan fingerprint density at radius 3 is 2.67 bits per heavy atom. The van der Waals surface area contributed by atoms with Crippen molar-refractivity contribution in [2.24, 2.45) is 0 Å². The quantitative estimate of drug-likeness (QED) is 0.658. The molecule has 0 spiro atoms. The maximum absolute atomic E-state index is 12.4. The molecular weight excluding hydrogens is 344 g/mol. The standard InChI is InChI=1S/C20H22N4O3/c25-16-4-2-15(3-5-16)24-18-6-1-14(11-17(18)23-20(24)27)19(26)22-12-13-7-9-21-10-8-13/h1,6-11,15-16,25H,2-5,12H2,(H,22,26)(H,23,27). The van der Waals surface area contributed by atoms with Gasteiger partial charge in [-0.15, -0.1) is 0 Å². The van der Waals surface area contributed by atoms with E-state index >= 15 is 0 Å². The van der Waals surface area contributed by atoms with Gasteiger partial charge in [0, 0.05) is 30.5 Å². The molecule has 1 amide bonds. The lowest BCUT2D eigenvalue weighted by Crippen LogP contribution is -2.27. The molecule has 3 N–H and O–H groups in total. The first kappa shape index (κ1) is 17.5. The van der Waals surface area contributed by atoms with Crippen LogP contribution in [-0.2, 0) is 6.54 Å². The van der Waals surface area contributed by atoms with Gasteiger partial charge in [0.05, 0.1) is 17.1 Å². The SMILES string of the molecule is O=C(NCc1ccncc1)c1ccc2c(c1)[nH]c(=O)n2C1CCC(O)CC1. The number of carbonyl (C=O) groups excluding carboxylic acids is 1. The Labute approximate surface area is 156 Å². The van der Waals surface area contributed by atoms with Gasteiger partial charge in [0.25, 0.3) is 5.91 Å². The molecule has 0 aliphatic heterocycles. The van der Waals surface area contributed by atoms with Crippen molar-refractivity contribution < 1.29 is 9.90 Å². The van der Waals surface area contributed by atoms with Crippen LogP contribution in [0.2, 0.25) is 0 Å². The lowest BCUT2D eigenvalue weighted by atomic mass is 9.93. The molecule has 7 heteroatoms. The van der Waals surface area contributed by atoms with E-state index in [1.54, 1.807) is 29.1 Å². The van der Waals surface area contributed by atoms with Crippen molar-refractivity contribution in [3.05, 3.63) is 64.3 Å². The molecule has 0 radical (unpaired) electrons. The summed E-state index contributed by atoms with van der Waals surface area (Å²) in [7, 11) is 0. The van der Waals surface area contributed by atoms with Crippen molar-refractivity contribution >= 4 is 16.9 Å². The van der Waals surface area contributed by atoms with Gasteiger partial charge in [0.2, 0.25) is 0 Å². The maximum atomic E-state index is 12.4. The van der Waals surface area contributed by atoms with Gasteiger partial charge < -0.3 is 15.4 Å². The molecule has 1 saturated carbocycles. The highest BCUT2D eigenvalue weighted by molar-refractivity contribution is 5.97. The third-order valence-electron chi connectivity index (χ3n) is 5.21. The third kappa shape index (κ3) is 3.64. The molecule has 140 valence electrons. The zero-order valence-corrected chi connectivity index (χ0v) is 14.9. The third-order valence-corrected chi connectivity index (χ3v) is 5.21. The number of nitrogens with one attached hydrogen (secondary N) is 2. The highest BCUT2D eigenvalue weighted by Gasteiger charge is 2.24. The van der Waals surface area contributed by atoms with Crippen molar-refractivity contribution in [2.75, 3.05) is 0 Å². The summed E-state index contributed by atoms with van der Waals surface area (Å²) in [5.74, 6) is -0.192. The average molecular weight is 366 g/mol. The van der Waals surface area contributed by atoms with Crippen molar-refractivity contribution in [3.63, 3.8) is 0 Å². The minimum atomic E-state index is -0.266. The molecule has 2 aromatic heterocycles. The number of fused-ring (bicyclic) bond motifs is 1. The van der Waals surface area contributed by atoms with Gasteiger partial charge in [-0.25, -0.2) is 4.79 Å². The van der Waals surface area contributed by atoms with E-state index in [2.05, 4.69) is 15.3 Å². The van der Waals surface area contributed by atoms with Crippen molar-refractivity contribution in [1.82, 2.24) is 19.9 Å². The second kappa shape index (κ2) is 7.36. The summed E-state index contributed by atoms with van der Waals surface area (Å²) in [6, 6.07) is 9.06. The van der Waals surface area contributed by atoms with E-state index in [0.29, 0.717) is 30.5 Å². The van der Waals surface area contributed by atoms with Gasteiger partial charge in [-0.3, -0.25) is 14.3 Å². The fraction of sp³-hybridized carbons (Fsp3) is 0.350. The zero-order chi connectivity index (χ0) is 18.8. The van der Waals surface area contributed by atoms with Crippen LogP contribution in [0, 0.1) is 0 Å². The van der Waals surface area contributed by atoms with E-state index in [0.717, 1.165) is 23.9 Å². The number of imidazole rings is 1. The first-order valence-electron chi connectivity index (χ1n) is 9.21. The number of rotatable bonds is 4. The van der Waals surface area contributed by atoms with Crippen LogP contribution in [-0.4, -0.2) is 31.7 Å². The Kier molecular flexibility index (Phi) is 4.77. The predicted molar refractivity (Wildman–Crippen MR) is 101 cm³/mol. The van der Waals surface area contributed by atoms with Gasteiger partial charge in [-0.1, -0.05) is 0 Å². The molecule has 0 atom stereocenters. The minimum absolute atomic E-state index is 0.0843. The number of hydrogen-bond acceptors (Lipinski definition) is 4. The van der Waals surface area contributed by atoms with Crippen LogP contribution >= 0.6 is 0 Å². The monoisotopic (exact) mass is 366 g/mol. The maximum Gasteiger partial charge on any atom is 0.326 e. The van der Waals surface area contributed by atoms with Gasteiger partial charge in [-0.2, -0.15) is 0 Å². The van der Waals surface area contributed by atoms with Gasteiger partial charge in [0.1, 0.15) is 0 Å². The van der Waals surface area contributed by atoms with Gasteiger partial charge >= 0.3 is 5.69 Å². The Morgan fingerprint density at radius 2 is 1.93 bits per heavy atom. The predicted octanol–water partition coefficient (Wildman–Crippen LogP) is 2.13. The second-order valence-electron chi connectivity index (χ2n) is 7.03. The molecule has 1 aliphatic carbocycles. The summed E-state index contributed by atoms with van der Waals surface area (Å²) in [5, 5.41) is 12.6. The second-order valence-corrected chi connectivity index (χ2v) is 7.03. The number of carbonyl (C=O) groups is 1. The van der Waals surface area contributed by atoms with E-state index < -0.39 is 0 Å². The number of pyridine rings is 1. The molecule has 1 aliphatic rings. The van der Waals surface area contributed by atoms with Crippen molar-refractivity contribution in [3.8, 4) is 0 Å². The molecule has 1 aromatic carbocycles. The Morgan fingerprint density at radius 1 is 1.19 bits per heavy atom. The minimum Gasteiger partial charge on any atom is -0.393 e. The normalized spacial score (nSPS) is 19.9. The first-order valence-corrected chi connectivity index (χ1v) is 9.21. The molecule has 3 aromatic rings. The number of nitrogens with zero attached hydrogens (tertiary/aromatic N) is 2. The molecule has 0 bridgehead atoms. The Balaban J connectivity index is 1.54. The number of hydrogen-bond donors (Lipinski definition) is 3. The smallest absolute Gasteiger partial charge is 0.326 e. The number of amides is 1.